The molecule has 178 valence electrons. The van der Waals surface area contributed by atoms with Crippen molar-refractivity contribution in [3.05, 3.63) is 83.2 Å². The number of carbonyl (C=O) groups excluding carboxylic acids is 2. The van der Waals surface area contributed by atoms with E-state index >= 15 is 0 Å². The van der Waals surface area contributed by atoms with Crippen LogP contribution in [0.25, 0.3) is 0 Å². The van der Waals surface area contributed by atoms with E-state index in [1.54, 1.807) is 36.4 Å². The van der Waals surface area contributed by atoms with E-state index in [-0.39, 0.29) is 29.5 Å². The van der Waals surface area contributed by atoms with Crippen molar-refractivity contribution in [3.63, 3.8) is 0 Å². The highest BCUT2D eigenvalue weighted by Gasteiger charge is 2.26. The molecule has 0 aliphatic carbocycles. The van der Waals surface area contributed by atoms with Gasteiger partial charge in [-0.15, -0.1) is 16.8 Å². The second kappa shape index (κ2) is 11.9. The zero-order valence-electron chi connectivity index (χ0n) is 19.4. The van der Waals surface area contributed by atoms with Gasteiger partial charge in [0, 0.05) is 22.8 Å². The highest BCUT2D eigenvalue weighted by atomic mass is 35.5. The summed E-state index contributed by atoms with van der Waals surface area (Å²) >= 11 is 7.17. The number of hydrogen-bond acceptors (Lipinski definition) is 5. The number of hydrogen-bond donors (Lipinski definition) is 2. The van der Waals surface area contributed by atoms with E-state index in [1.165, 1.54) is 11.8 Å². The Kier molecular flexibility index (Phi) is 8.90. The molecule has 1 aromatic heterocycles. The highest BCUT2D eigenvalue weighted by molar-refractivity contribution is 7.99. The number of benzene rings is 2. The SMILES string of the molecule is C=CCn1c(SCC(=O)Nc2ccc(Cl)cc2)nnc1[C@H](NC(=O)c1cccc(C)c1)C(C)C. The van der Waals surface area contributed by atoms with Crippen molar-refractivity contribution in [3.8, 4) is 0 Å². The number of anilines is 1. The number of rotatable bonds is 10. The molecule has 0 fully saturated rings. The summed E-state index contributed by atoms with van der Waals surface area (Å²) in [5.41, 5.74) is 2.27. The average molecular weight is 498 g/mol. The summed E-state index contributed by atoms with van der Waals surface area (Å²) in [7, 11) is 0. The van der Waals surface area contributed by atoms with E-state index in [2.05, 4.69) is 27.4 Å². The van der Waals surface area contributed by atoms with Gasteiger partial charge in [-0.25, -0.2) is 0 Å². The van der Waals surface area contributed by atoms with Crippen molar-refractivity contribution in [2.24, 2.45) is 5.92 Å². The van der Waals surface area contributed by atoms with Crippen molar-refractivity contribution in [1.82, 2.24) is 20.1 Å². The van der Waals surface area contributed by atoms with E-state index in [9.17, 15) is 9.59 Å². The molecule has 0 spiro atoms. The Labute approximate surface area is 209 Å². The molecular weight excluding hydrogens is 470 g/mol. The quantitative estimate of drug-likeness (QED) is 0.293. The van der Waals surface area contributed by atoms with E-state index in [4.69, 9.17) is 11.6 Å². The van der Waals surface area contributed by atoms with Gasteiger partial charge in [0.15, 0.2) is 11.0 Å². The minimum absolute atomic E-state index is 0.0626. The fraction of sp³-hybridized carbons (Fsp3) is 0.280. The molecule has 1 atom stereocenters. The zero-order chi connectivity index (χ0) is 24.7. The van der Waals surface area contributed by atoms with Gasteiger partial charge in [-0.3, -0.25) is 9.59 Å². The molecule has 0 unspecified atom stereocenters. The van der Waals surface area contributed by atoms with Gasteiger partial charge in [0.2, 0.25) is 5.91 Å². The minimum atomic E-state index is -0.363. The molecule has 9 heteroatoms. The Morgan fingerprint density at radius 3 is 2.56 bits per heavy atom. The second-order valence-electron chi connectivity index (χ2n) is 8.15. The number of thioether (sulfide) groups is 1. The largest absolute Gasteiger partial charge is 0.342 e. The predicted molar refractivity (Wildman–Crippen MR) is 137 cm³/mol. The van der Waals surface area contributed by atoms with E-state index in [1.807, 2.05) is 43.5 Å². The van der Waals surface area contributed by atoms with Crippen LogP contribution >= 0.6 is 23.4 Å². The lowest BCUT2D eigenvalue weighted by Crippen LogP contribution is -2.34. The van der Waals surface area contributed by atoms with Gasteiger partial charge in [0.05, 0.1) is 11.8 Å². The summed E-state index contributed by atoms with van der Waals surface area (Å²) in [6.45, 7) is 10.3. The Morgan fingerprint density at radius 1 is 1.18 bits per heavy atom. The van der Waals surface area contributed by atoms with Gasteiger partial charge in [0.25, 0.3) is 5.91 Å². The van der Waals surface area contributed by atoms with Gasteiger partial charge in [-0.2, -0.15) is 0 Å². The Bertz CT molecular complexity index is 1160. The molecule has 7 nitrogen and oxygen atoms in total. The maximum absolute atomic E-state index is 12.9. The number of allylic oxidation sites excluding steroid dienone is 1. The molecule has 3 rings (SSSR count). The first-order valence-electron chi connectivity index (χ1n) is 10.9. The lowest BCUT2D eigenvalue weighted by molar-refractivity contribution is -0.113. The molecular formula is C25H28ClN5O2S. The summed E-state index contributed by atoms with van der Waals surface area (Å²) in [5, 5.41) is 15.8. The van der Waals surface area contributed by atoms with Crippen molar-refractivity contribution >= 4 is 40.9 Å². The number of amides is 2. The first-order valence-corrected chi connectivity index (χ1v) is 12.2. The highest BCUT2D eigenvalue weighted by Crippen LogP contribution is 2.26. The molecule has 2 N–H and O–H groups in total. The summed E-state index contributed by atoms with van der Waals surface area (Å²) < 4.78 is 1.88. The lowest BCUT2D eigenvalue weighted by Gasteiger charge is -2.22. The number of halogens is 1. The van der Waals surface area contributed by atoms with Crippen molar-refractivity contribution in [2.45, 2.75) is 38.5 Å². The first-order chi connectivity index (χ1) is 16.3. The summed E-state index contributed by atoms with van der Waals surface area (Å²) in [4.78, 5) is 25.3. The third kappa shape index (κ3) is 6.71. The van der Waals surface area contributed by atoms with E-state index < -0.39 is 0 Å². The number of aryl methyl sites for hydroxylation is 1. The number of nitrogens with one attached hydrogen (secondary N) is 2. The topological polar surface area (TPSA) is 88.9 Å². The van der Waals surface area contributed by atoms with Crippen LogP contribution in [0, 0.1) is 12.8 Å². The van der Waals surface area contributed by atoms with Crippen LogP contribution in [-0.2, 0) is 11.3 Å². The fourth-order valence-electron chi connectivity index (χ4n) is 3.34. The van der Waals surface area contributed by atoms with Gasteiger partial charge >= 0.3 is 0 Å². The van der Waals surface area contributed by atoms with Crippen molar-refractivity contribution in [1.29, 1.82) is 0 Å². The van der Waals surface area contributed by atoms with Crippen LogP contribution in [0.2, 0.25) is 5.02 Å². The predicted octanol–water partition coefficient (Wildman–Crippen LogP) is 5.28. The molecule has 0 aliphatic heterocycles. The Hall–Kier alpha value is -3.10. The molecule has 1 heterocycles. The summed E-state index contributed by atoms with van der Waals surface area (Å²) in [6, 6.07) is 14.0. The van der Waals surface area contributed by atoms with E-state index in [0.29, 0.717) is 33.8 Å². The van der Waals surface area contributed by atoms with Crippen LogP contribution < -0.4 is 10.6 Å². The lowest BCUT2D eigenvalue weighted by atomic mass is 10.0. The monoisotopic (exact) mass is 497 g/mol. The van der Waals surface area contributed by atoms with Crippen LogP contribution in [-0.4, -0.2) is 32.3 Å². The third-order valence-corrected chi connectivity index (χ3v) is 6.25. The van der Waals surface area contributed by atoms with Crippen LogP contribution in [0.15, 0.2) is 66.3 Å². The fourth-order valence-corrected chi connectivity index (χ4v) is 4.22. The molecule has 3 aromatic rings. The molecule has 34 heavy (non-hydrogen) atoms. The molecule has 0 radical (unpaired) electrons. The number of nitrogens with zero attached hydrogens (tertiary/aromatic N) is 3. The first kappa shape index (κ1) is 25.5. The summed E-state index contributed by atoms with van der Waals surface area (Å²) in [6.07, 6.45) is 1.74. The van der Waals surface area contributed by atoms with E-state index in [0.717, 1.165) is 5.56 Å². The molecule has 0 aliphatic rings. The molecule has 2 aromatic carbocycles. The standard InChI is InChI=1S/C25H28ClN5O2S/c1-5-13-31-23(22(16(2)3)28-24(33)18-8-6-7-17(4)14-18)29-30-25(31)34-15-21(32)27-20-11-9-19(26)10-12-20/h5-12,14,16,22H,1,13,15H2,2-4H3,(H,27,32)(H,28,33)/t22-/m1/s1. The molecule has 0 bridgehead atoms. The van der Waals surface area contributed by atoms with Gasteiger partial charge in [-0.1, -0.05) is 61.0 Å². The third-order valence-electron chi connectivity index (χ3n) is 5.03. The molecule has 2 amide bonds. The zero-order valence-corrected chi connectivity index (χ0v) is 21.0. The average Bonchev–Trinajstić information content (AvgIpc) is 3.19. The van der Waals surface area contributed by atoms with Crippen LogP contribution in [0.1, 0.15) is 41.6 Å². The molecule has 0 saturated heterocycles. The second-order valence-corrected chi connectivity index (χ2v) is 9.53. The van der Waals surface area contributed by atoms with Crippen molar-refractivity contribution < 1.29 is 9.59 Å². The van der Waals surface area contributed by atoms with Gasteiger partial charge in [-0.05, 0) is 49.2 Å². The Balaban J connectivity index is 1.74. The Morgan fingerprint density at radius 2 is 1.91 bits per heavy atom. The smallest absolute Gasteiger partial charge is 0.251 e. The normalized spacial score (nSPS) is 11.8. The van der Waals surface area contributed by atoms with Crippen LogP contribution in [0.4, 0.5) is 5.69 Å². The number of aromatic nitrogens is 3. The van der Waals surface area contributed by atoms with Gasteiger partial charge < -0.3 is 15.2 Å². The van der Waals surface area contributed by atoms with Gasteiger partial charge in [0.1, 0.15) is 0 Å². The van der Waals surface area contributed by atoms with Crippen LogP contribution in [0.3, 0.4) is 0 Å². The summed E-state index contributed by atoms with van der Waals surface area (Å²) in [5.74, 6) is 0.492. The van der Waals surface area contributed by atoms with Crippen LogP contribution in [0.5, 0.6) is 0 Å². The minimum Gasteiger partial charge on any atom is -0.342 e. The molecule has 0 saturated carbocycles. The maximum atomic E-state index is 12.9. The van der Waals surface area contributed by atoms with Crippen molar-refractivity contribution in [2.75, 3.05) is 11.1 Å². The number of carbonyl (C=O) groups is 2. The maximum Gasteiger partial charge on any atom is 0.251 e.